The van der Waals surface area contributed by atoms with Crippen molar-refractivity contribution in [2.24, 2.45) is 10.2 Å². The second-order valence-electron chi connectivity index (χ2n) is 6.36. The number of nitro groups is 2. The number of aliphatic hydroxyl groups excluding tert-OH is 2. The number of non-ortho nitro benzene ring substituents is 2. The Balaban J connectivity index is 1.85. The van der Waals surface area contributed by atoms with Crippen molar-refractivity contribution in [3.63, 3.8) is 0 Å². The third-order valence-corrected chi connectivity index (χ3v) is 4.23. The summed E-state index contributed by atoms with van der Waals surface area (Å²) in [6, 6.07) is 10.4. The number of carbonyl (C=O) groups is 1. The topological polar surface area (TPSA) is 202 Å². The second kappa shape index (κ2) is 9.59. The molecule has 2 unspecified atom stereocenters. The van der Waals surface area contributed by atoms with Gasteiger partial charge in [-0.15, -0.1) is 0 Å². The van der Waals surface area contributed by atoms with Gasteiger partial charge in [-0.05, 0) is 24.3 Å². The van der Waals surface area contributed by atoms with Gasteiger partial charge in [-0.1, -0.05) is 0 Å². The van der Waals surface area contributed by atoms with E-state index in [1.807, 2.05) is 0 Å². The van der Waals surface area contributed by atoms with Crippen LogP contribution in [0.15, 0.2) is 58.7 Å². The van der Waals surface area contributed by atoms with Gasteiger partial charge < -0.3 is 14.9 Å². The molecule has 14 nitrogen and oxygen atoms in total. The first-order valence-corrected chi connectivity index (χ1v) is 8.96. The van der Waals surface area contributed by atoms with Gasteiger partial charge in [0, 0.05) is 24.3 Å². The van der Waals surface area contributed by atoms with Crippen molar-refractivity contribution in [2.45, 2.75) is 12.2 Å². The van der Waals surface area contributed by atoms with Crippen molar-refractivity contribution < 1.29 is 29.6 Å². The first kappa shape index (κ1) is 22.3. The minimum Gasteiger partial charge on any atom is -0.448 e. The van der Waals surface area contributed by atoms with Gasteiger partial charge in [-0.25, -0.2) is 4.79 Å². The number of nitro benzene ring substituents is 2. The van der Waals surface area contributed by atoms with Gasteiger partial charge in [-0.3, -0.25) is 31.1 Å². The number of benzene rings is 2. The number of cyclic esters (lactones) is 1. The summed E-state index contributed by atoms with van der Waals surface area (Å²) >= 11 is 0. The fraction of sp³-hybridized carbons (Fsp3) is 0.167. The number of nitrogens with zero attached hydrogens (tertiary/aromatic N) is 4. The van der Waals surface area contributed by atoms with Gasteiger partial charge in [-0.2, -0.15) is 10.2 Å². The molecule has 0 radical (unpaired) electrons. The molecule has 1 fully saturated rings. The average Bonchev–Trinajstić information content (AvgIpc) is 3.11. The first-order valence-electron chi connectivity index (χ1n) is 8.96. The summed E-state index contributed by atoms with van der Waals surface area (Å²) in [6.07, 6.45) is -2.81. The van der Waals surface area contributed by atoms with Gasteiger partial charge in [0.1, 0.15) is 11.8 Å². The molecule has 1 aliphatic rings. The zero-order valence-electron chi connectivity index (χ0n) is 16.1. The highest BCUT2D eigenvalue weighted by Gasteiger charge is 2.42. The Morgan fingerprint density at radius 3 is 1.84 bits per heavy atom. The highest BCUT2D eigenvalue weighted by molar-refractivity contribution is 6.69. The Labute approximate surface area is 179 Å². The van der Waals surface area contributed by atoms with Crippen molar-refractivity contribution in [2.75, 3.05) is 17.5 Å². The Bertz CT molecular complexity index is 1080. The third kappa shape index (κ3) is 5.00. The normalized spacial score (nSPS) is 18.9. The summed E-state index contributed by atoms with van der Waals surface area (Å²) in [7, 11) is 0. The van der Waals surface area contributed by atoms with E-state index in [-0.39, 0.29) is 22.8 Å². The van der Waals surface area contributed by atoms with E-state index in [4.69, 9.17) is 4.74 Å². The van der Waals surface area contributed by atoms with Crippen LogP contribution in [0.4, 0.5) is 22.7 Å². The molecule has 0 amide bonds. The molecule has 1 aliphatic heterocycles. The minimum absolute atomic E-state index is 0.134. The number of hydrazone groups is 2. The zero-order chi connectivity index (χ0) is 23.3. The van der Waals surface area contributed by atoms with Crippen molar-refractivity contribution in [1.82, 2.24) is 0 Å². The molecular formula is C18H16N6O8. The van der Waals surface area contributed by atoms with Crippen molar-refractivity contribution in [3.05, 3.63) is 68.8 Å². The maximum absolute atomic E-state index is 12.3. The lowest BCUT2D eigenvalue weighted by Crippen LogP contribution is -2.36. The monoisotopic (exact) mass is 444 g/mol. The summed E-state index contributed by atoms with van der Waals surface area (Å²) < 4.78 is 5.05. The molecule has 0 aromatic heterocycles. The molecule has 0 spiro atoms. The quantitative estimate of drug-likeness (QED) is 0.258. The van der Waals surface area contributed by atoms with Crippen LogP contribution >= 0.6 is 0 Å². The molecule has 2 aromatic rings. The lowest BCUT2D eigenvalue weighted by Gasteiger charge is -2.14. The largest absolute Gasteiger partial charge is 0.448 e. The molecule has 0 saturated carbocycles. The number of rotatable bonds is 8. The van der Waals surface area contributed by atoms with E-state index in [0.29, 0.717) is 11.4 Å². The van der Waals surface area contributed by atoms with E-state index in [1.165, 1.54) is 48.5 Å². The van der Waals surface area contributed by atoms with E-state index >= 15 is 0 Å². The number of nitrogens with one attached hydrogen (secondary N) is 2. The molecule has 4 N–H and O–H groups in total. The molecular weight excluding hydrogens is 428 g/mol. The maximum atomic E-state index is 12.3. The van der Waals surface area contributed by atoms with Crippen LogP contribution in [0.3, 0.4) is 0 Å². The van der Waals surface area contributed by atoms with Crippen molar-refractivity contribution >= 4 is 40.1 Å². The van der Waals surface area contributed by atoms with Crippen molar-refractivity contribution in [1.29, 1.82) is 0 Å². The second-order valence-corrected chi connectivity index (χ2v) is 6.36. The molecule has 2 atom stereocenters. The molecule has 2 aromatic carbocycles. The van der Waals surface area contributed by atoms with E-state index in [9.17, 15) is 35.2 Å². The van der Waals surface area contributed by atoms with E-state index in [2.05, 4.69) is 21.1 Å². The molecule has 0 aliphatic carbocycles. The highest BCUT2D eigenvalue weighted by atomic mass is 16.6. The van der Waals surface area contributed by atoms with Crippen LogP contribution in [0.25, 0.3) is 0 Å². The molecule has 1 heterocycles. The molecule has 0 bridgehead atoms. The van der Waals surface area contributed by atoms with Crippen LogP contribution in [0.1, 0.15) is 0 Å². The number of hydrogen-bond donors (Lipinski definition) is 4. The molecule has 1 saturated heterocycles. The van der Waals surface area contributed by atoms with Crippen LogP contribution in [-0.4, -0.2) is 56.3 Å². The fourth-order valence-electron chi connectivity index (χ4n) is 2.60. The van der Waals surface area contributed by atoms with Gasteiger partial charge in [0.25, 0.3) is 11.4 Å². The van der Waals surface area contributed by atoms with E-state index < -0.39 is 34.6 Å². The fourth-order valence-corrected chi connectivity index (χ4v) is 2.60. The summed E-state index contributed by atoms with van der Waals surface area (Å²) in [6.45, 7) is -0.725. The lowest BCUT2D eigenvalue weighted by molar-refractivity contribution is -0.385. The Hall–Kier alpha value is -4.43. The molecule has 166 valence electrons. The number of hydrogen-bond acceptors (Lipinski definition) is 12. The number of carbonyl (C=O) groups excluding carboxylic acids is 1. The molecule has 3 rings (SSSR count). The minimum atomic E-state index is -1.48. The number of esters is 1. The standard InChI is InChI=1S/C18H16N6O8/c25-9-14(26)17-15(21-19-10-1-5-12(6-2-10)23(28)29)16(18(27)32-17)22-20-11-3-7-13(8-4-11)24(30)31/h1-8,14,17,19-20,25-26H,9H2. The number of aliphatic hydroxyl groups is 2. The third-order valence-electron chi connectivity index (χ3n) is 4.23. The summed E-state index contributed by atoms with van der Waals surface area (Å²) in [5.74, 6) is -0.929. The summed E-state index contributed by atoms with van der Waals surface area (Å²) in [5.41, 5.74) is 5.08. The lowest BCUT2D eigenvalue weighted by atomic mass is 10.1. The SMILES string of the molecule is O=C1OC(C(O)CO)C(=NNc2ccc([N+](=O)[O-])cc2)C1=NNc1ccc([N+](=O)[O-])cc1. The predicted molar refractivity (Wildman–Crippen MR) is 111 cm³/mol. The van der Waals surface area contributed by atoms with Crippen LogP contribution in [0.2, 0.25) is 0 Å². The number of anilines is 2. The predicted octanol–water partition coefficient (Wildman–Crippen LogP) is 1.02. The summed E-state index contributed by atoms with van der Waals surface area (Å²) in [5, 5.41) is 48.6. The Kier molecular flexibility index (Phi) is 6.67. The maximum Gasteiger partial charge on any atom is 0.361 e. The van der Waals surface area contributed by atoms with Crippen molar-refractivity contribution in [3.8, 4) is 0 Å². The summed E-state index contributed by atoms with van der Waals surface area (Å²) in [4.78, 5) is 32.6. The van der Waals surface area contributed by atoms with Gasteiger partial charge in [0.15, 0.2) is 11.8 Å². The first-order chi connectivity index (χ1) is 15.3. The highest BCUT2D eigenvalue weighted by Crippen LogP contribution is 2.19. The van der Waals surface area contributed by atoms with Gasteiger partial charge in [0.2, 0.25) is 0 Å². The van der Waals surface area contributed by atoms with E-state index in [1.54, 1.807) is 0 Å². The number of ether oxygens (including phenoxy) is 1. The van der Waals surface area contributed by atoms with Crippen LogP contribution in [0, 0.1) is 20.2 Å². The van der Waals surface area contributed by atoms with Crippen LogP contribution in [0.5, 0.6) is 0 Å². The van der Waals surface area contributed by atoms with E-state index in [0.717, 1.165) is 0 Å². The molecule has 32 heavy (non-hydrogen) atoms. The average molecular weight is 444 g/mol. The Morgan fingerprint density at radius 2 is 1.41 bits per heavy atom. The smallest absolute Gasteiger partial charge is 0.361 e. The van der Waals surface area contributed by atoms with Gasteiger partial charge in [0.05, 0.1) is 27.8 Å². The Morgan fingerprint density at radius 1 is 0.938 bits per heavy atom. The van der Waals surface area contributed by atoms with Gasteiger partial charge >= 0.3 is 5.97 Å². The molecule has 14 heteroatoms. The zero-order valence-corrected chi connectivity index (χ0v) is 16.1. The van der Waals surface area contributed by atoms with Crippen LogP contribution < -0.4 is 10.9 Å². The van der Waals surface area contributed by atoms with Crippen LogP contribution in [-0.2, 0) is 9.53 Å².